The number of carbonyl (C=O) groups excluding carboxylic acids is 1. The number of unbranched alkanes of at least 4 members (excludes halogenated alkanes) is 1. The van der Waals surface area contributed by atoms with Crippen LogP contribution in [0.4, 0.5) is 0 Å². The molecule has 15 heavy (non-hydrogen) atoms. The van der Waals surface area contributed by atoms with Gasteiger partial charge in [0.05, 0.1) is 5.41 Å². The molecule has 88 valence electrons. The van der Waals surface area contributed by atoms with Crippen LogP contribution < -0.4 is 5.32 Å². The predicted octanol–water partition coefficient (Wildman–Crippen LogP) is 1.79. The Morgan fingerprint density at radius 2 is 1.93 bits per heavy atom. The molecular weight excluding hydrogens is 194 g/mol. The highest BCUT2D eigenvalue weighted by molar-refractivity contribution is 5.76. The monoisotopic (exact) mass is 215 g/mol. The third kappa shape index (κ3) is 6.10. The van der Waals surface area contributed by atoms with Gasteiger partial charge in [0.25, 0.3) is 0 Å². The molecular formula is C11H21NO3. The molecule has 0 aliphatic carbocycles. The summed E-state index contributed by atoms with van der Waals surface area (Å²) in [6.07, 6.45) is 2.87. The van der Waals surface area contributed by atoms with E-state index in [9.17, 15) is 9.59 Å². The summed E-state index contributed by atoms with van der Waals surface area (Å²) in [7, 11) is 0. The van der Waals surface area contributed by atoms with Crippen molar-refractivity contribution in [3.8, 4) is 0 Å². The highest BCUT2D eigenvalue weighted by atomic mass is 16.4. The number of aliphatic carboxylic acids is 1. The van der Waals surface area contributed by atoms with E-state index in [1.807, 2.05) is 6.92 Å². The molecule has 0 aromatic heterocycles. The van der Waals surface area contributed by atoms with E-state index in [2.05, 4.69) is 5.32 Å². The summed E-state index contributed by atoms with van der Waals surface area (Å²) in [6, 6.07) is 0. The minimum absolute atomic E-state index is 0.0121. The molecule has 1 amide bonds. The zero-order chi connectivity index (χ0) is 11.9. The molecule has 0 aliphatic rings. The molecule has 0 atom stereocenters. The van der Waals surface area contributed by atoms with Gasteiger partial charge in [0.15, 0.2) is 0 Å². The second-order valence-electron chi connectivity index (χ2n) is 4.39. The maximum atomic E-state index is 11.2. The highest BCUT2D eigenvalue weighted by Gasteiger charge is 2.26. The molecule has 0 saturated heterocycles. The van der Waals surface area contributed by atoms with Gasteiger partial charge >= 0.3 is 5.97 Å². The third-order valence-electron chi connectivity index (χ3n) is 2.41. The first kappa shape index (κ1) is 13.9. The van der Waals surface area contributed by atoms with E-state index in [1.54, 1.807) is 13.8 Å². The van der Waals surface area contributed by atoms with E-state index in [4.69, 9.17) is 5.11 Å². The Kier molecular flexibility index (Phi) is 5.97. The standard InChI is InChI=1S/C11H21NO3/c1-4-5-6-9(13)12-8-7-11(2,3)10(14)15/h4-8H2,1-3H3,(H,12,13)(H,14,15). The molecule has 0 spiro atoms. The number of rotatable bonds is 7. The Bertz CT molecular complexity index is 224. The lowest BCUT2D eigenvalue weighted by molar-refractivity contribution is -0.147. The first-order valence-electron chi connectivity index (χ1n) is 5.40. The van der Waals surface area contributed by atoms with Crippen LogP contribution in [0.2, 0.25) is 0 Å². The largest absolute Gasteiger partial charge is 0.481 e. The molecule has 0 bridgehead atoms. The first-order valence-corrected chi connectivity index (χ1v) is 5.40. The van der Waals surface area contributed by atoms with Gasteiger partial charge < -0.3 is 10.4 Å². The van der Waals surface area contributed by atoms with Crippen LogP contribution in [0.15, 0.2) is 0 Å². The number of hydrogen-bond acceptors (Lipinski definition) is 2. The molecule has 0 aromatic rings. The maximum Gasteiger partial charge on any atom is 0.309 e. The van der Waals surface area contributed by atoms with Crippen LogP contribution in [0.3, 0.4) is 0 Å². The molecule has 0 unspecified atom stereocenters. The van der Waals surface area contributed by atoms with Gasteiger partial charge in [0.2, 0.25) is 5.91 Å². The van der Waals surface area contributed by atoms with E-state index in [0.29, 0.717) is 19.4 Å². The summed E-state index contributed by atoms with van der Waals surface area (Å²) in [5.41, 5.74) is -0.766. The van der Waals surface area contributed by atoms with Crippen LogP contribution in [0.1, 0.15) is 46.5 Å². The lowest BCUT2D eigenvalue weighted by atomic mass is 9.90. The summed E-state index contributed by atoms with van der Waals surface area (Å²) in [6.45, 7) is 5.78. The van der Waals surface area contributed by atoms with Crippen LogP contribution in [-0.2, 0) is 9.59 Å². The van der Waals surface area contributed by atoms with Crippen LogP contribution in [0.5, 0.6) is 0 Å². The Hall–Kier alpha value is -1.06. The molecule has 0 heterocycles. The van der Waals surface area contributed by atoms with E-state index >= 15 is 0 Å². The van der Waals surface area contributed by atoms with E-state index in [0.717, 1.165) is 12.8 Å². The topological polar surface area (TPSA) is 66.4 Å². The summed E-state index contributed by atoms with van der Waals surface area (Å²) >= 11 is 0. The van der Waals surface area contributed by atoms with Gasteiger partial charge in [-0.3, -0.25) is 9.59 Å². The number of carbonyl (C=O) groups is 2. The lowest BCUT2D eigenvalue weighted by Gasteiger charge is -2.18. The van der Waals surface area contributed by atoms with Crippen LogP contribution >= 0.6 is 0 Å². The summed E-state index contributed by atoms with van der Waals surface area (Å²) in [4.78, 5) is 22.0. The van der Waals surface area contributed by atoms with Crippen molar-refractivity contribution in [1.29, 1.82) is 0 Å². The molecule has 0 radical (unpaired) electrons. The molecule has 0 saturated carbocycles. The second-order valence-corrected chi connectivity index (χ2v) is 4.39. The van der Waals surface area contributed by atoms with Gasteiger partial charge in [-0.2, -0.15) is 0 Å². The SMILES string of the molecule is CCCCC(=O)NCCC(C)(C)C(=O)O. The average molecular weight is 215 g/mol. The molecule has 0 fully saturated rings. The van der Waals surface area contributed by atoms with E-state index in [1.165, 1.54) is 0 Å². The zero-order valence-corrected chi connectivity index (χ0v) is 9.80. The minimum Gasteiger partial charge on any atom is -0.481 e. The first-order chi connectivity index (χ1) is 6.90. The number of carboxylic acid groups (broad SMARTS) is 1. The van der Waals surface area contributed by atoms with Gasteiger partial charge in [-0.1, -0.05) is 13.3 Å². The van der Waals surface area contributed by atoms with Gasteiger partial charge in [0, 0.05) is 13.0 Å². The third-order valence-corrected chi connectivity index (χ3v) is 2.41. The van der Waals surface area contributed by atoms with Gasteiger partial charge in [-0.25, -0.2) is 0 Å². The second kappa shape index (κ2) is 6.43. The highest BCUT2D eigenvalue weighted by Crippen LogP contribution is 2.19. The minimum atomic E-state index is -0.828. The molecule has 4 heteroatoms. The van der Waals surface area contributed by atoms with E-state index in [-0.39, 0.29) is 5.91 Å². The number of amides is 1. The average Bonchev–Trinajstić information content (AvgIpc) is 2.14. The van der Waals surface area contributed by atoms with Crippen molar-refractivity contribution in [1.82, 2.24) is 5.32 Å². The van der Waals surface area contributed by atoms with Crippen LogP contribution in [-0.4, -0.2) is 23.5 Å². The van der Waals surface area contributed by atoms with Crippen LogP contribution in [0.25, 0.3) is 0 Å². The fourth-order valence-electron chi connectivity index (χ4n) is 1.05. The smallest absolute Gasteiger partial charge is 0.309 e. The molecule has 0 rings (SSSR count). The lowest BCUT2D eigenvalue weighted by Crippen LogP contribution is -2.31. The Labute approximate surface area is 91.1 Å². The summed E-state index contributed by atoms with van der Waals surface area (Å²) in [5, 5.41) is 11.6. The van der Waals surface area contributed by atoms with Crippen molar-refractivity contribution in [3.05, 3.63) is 0 Å². The maximum absolute atomic E-state index is 11.2. The number of nitrogens with one attached hydrogen (secondary N) is 1. The Morgan fingerprint density at radius 3 is 2.40 bits per heavy atom. The van der Waals surface area contributed by atoms with Crippen molar-refractivity contribution in [2.45, 2.75) is 46.5 Å². The number of carboxylic acids is 1. The van der Waals surface area contributed by atoms with E-state index < -0.39 is 11.4 Å². The zero-order valence-electron chi connectivity index (χ0n) is 9.80. The van der Waals surface area contributed by atoms with Crippen LogP contribution in [0, 0.1) is 5.41 Å². The Balaban J connectivity index is 3.70. The quantitative estimate of drug-likeness (QED) is 0.680. The molecule has 0 aromatic carbocycles. The van der Waals surface area contributed by atoms with Crippen molar-refractivity contribution in [3.63, 3.8) is 0 Å². The van der Waals surface area contributed by atoms with Crippen molar-refractivity contribution in [2.24, 2.45) is 5.41 Å². The molecule has 4 nitrogen and oxygen atoms in total. The summed E-state index contributed by atoms with van der Waals surface area (Å²) in [5.74, 6) is -0.816. The van der Waals surface area contributed by atoms with Gasteiger partial charge in [0.1, 0.15) is 0 Å². The predicted molar refractivity (Wildman–Crippen MR) is 58.6 cm³/mol. The number of hydrogen-bond donors (Lipinski definition) is 2. The Morgan fingerprint density at radius 1 is 1.33 bits per heavy atom. The van der Waals surface area contributed by atoms with Crippen molar-refractivity contribution in [2.75, 3.05) is 6.54 Å². The fourth-order valence-corrected chi connectivity index (χ4v) is 1.05. The summed E-state index contributed by atoms with van der Waals surface area (Å²) < 4.78 is 0. The molecule has 0 aliphatic heterocycles. The van der Waals surface area contributed by atoms with Gasteiger partial charge in [-0.15, -0.1) is 0 Å². The molecule has 2 N–H and O–H groups in total. The fraction of sp³-hybridized carbons (Fsp3) is 0.818. The van der Waals surface area contributed by atoms with Gasteiger partial charge in [-0.05, 0) is 26.7 Å². The van der Waals surface area contributed by atoms with Crippen molar-refractivity contribution < 1.29 is 14.7 Å². The normalized spacial score (nSPS) is 11.1. The van der Waals surface area contributed by atoms with Crippen molar-refractivity contribution >= 4 is 11.9 Å².